The maximum Gasteiger partial charge on any atom is 0.212 e. The molecule has 0 amide bonds. The lowest BCUT2D eigenvalue weighted by atomic mass is 10.3. The molecule has 5 heteroatoms. The van der Waals surface area contributed by atoms with Crippen molar-refractivity contribution >= 4 is 69.8 Å². The van der Waals surface area contributed by atoms with Crippen LogP contribution >= 0.6 is 37.2 Å². The van der Waals surface area contributed by atoms with Crippen LogP contribution in [0.5, 0.6) is 0 Å². The van der Waals surface area contributed by atoms with E-state index in [1.165, 1.54) is 43.1 Å². The minimum atomic E-state index is 0. The van der Waals surface area contributed by atoms with E-state index < -0.39 is 0 Å². The predicted molar refractivity (Wildman–Crippen MR) is 78.1 cm³/mol. The van der Waals surface area contributed by atoms with Gasteiger partial charge in [0, 0.05) is 0 Å². The molecule has 84 valence electrons. The number of hydrogen-bond acceptors (Lipinski definition) is 0. The van der Waals surface area contributed by atoms with Crippen LogP contribution in [0.1, 0.15) is 27.7 Å². The molecule has 0 saturated heterocycles. The van der Waals surface area contributed by atoms with E-state index >= 15 is 0 Å². The van der Waals surface area contributed by atoms with Gasteiger partial charge in [0.25, 0.3) is 0 Å². The van der Waals surface area contributed by atoms with Gasteiger partial charge in [-0.2, -0.15) is 0 Å². The van der Waals surface area contributed by atoms with Crippen molar-refractivity contribution < 1.29 is 0 Å². The van der Waals surface area contributed by atoms with Crippen LogP contribution in [0.4, 0.5) is 0 Å². The molecule has 0 saturated carbocycles. The minimum absolute atomic E-state index is 0. The monoisotopic (exact) mass is 280 g/mol. The molecule has 0 aliphatic rings. The van der Waals surface area contributed by atoms with E-state index in [1.54, 1.807) is 0 Å². The van der Waals surface area contributed by atoms with Gasteiger partial charge in [-0.15, -0.1) is 37.2 Å². The van der Waals surface area contributed by atoms with Gasteiger partial charge in [0.1, 0.15) is 0 Å². The van der Waals surface area contributed by atoms with Gasteiger partial charge in [-0.25, -0.2) is 0 Å². The van der Waals surface area contributed by atoms with Crippen LogP contribution in [0.3, 0.4) is 0 Å². The summed E-state index contributed by atoms with van der Waals surface area (Å²) in [5.74, 6) is 1.89. The molecule has 0 spiro atoms. The molecule has 13 heavy (non-hydrogen) atoms. The maximum absolute atomic E-state index is 2.26. The fraction of sp³-hybridized carbons (Fsp3) is 1.00. The molecule has 0 fully saturated rings. The SMILES string of the molecule is CC(C)[CH2][AlH2].CC(C)[CH2][AlH2].Cl.Cl.Cl. The standard InChI is InChI=1S/2C4H9.2Al.3ClH.4H/c2*1-4(2)3;;;;;;;;;/h2*4H,1H2,2-3H3;;;3*1H;;;;. The number of halogens is 3. The van der Waals surface area contributed by atoms with E-state index in [-0.39, 0.29) is 37.2 Å². The molecule has 0 unspecified atom stereocenters. The quantitative estimate of drug-likeness (QED) is 0.683. The van der Waals surface area contributed by atoms with Gasteiger partial charge in [0.05, 0.1) is 0 Å². The van der Waals surface area contributed by atoms with Crippen molar-refractivity contribution in [2.45, 2.75) is 38.3 Å². The molecule has 0 radical (unpaired) electrons. The summed E-state index contributed by atoms with van der Waals surface area (Å²) in [6.07, 6.45) is 0. The summed E-state index contributed by atoms with van der Waals surface area (Å²) in [5.41, 5.74) is 0. The highest BCUT2D eigenvalue weighted by Gasteiger charge is 1.81. The van der Waals surface area contributed by atoms with Crippen LogP contribution in [-0.4, -0.2) is 32.6 Å². The normalized spacial score (nSPS) is 7.23. The molecule has 0 aromatic carbocycles. The zero-order valence-corrected chi connectivity index (χ0v) is 16.2. The predicted octanol–water partition coefficient (Wildman–Crippen LogP) is 2.65. The minimum Gasteiger partial charge on any atom is -0.147 e. The smallest absolute Gasteiger partial charge is 0.147 e. The van der Waals surface area contributed by atoms with Crippen LogP contribution < -0.4 is 0 Å². The largest absolute Gasteiger partial charge is 0.212 e. The maximum atomic E-state index is 2.26. The third-order valence-corrected chi connectivity index (χ3v) is 4.90. The molecule has 0 atom stereocenters. The van der Waals surface area contributed by atoms with E-state index in [1.807, 2.05) is 0 Å². The average Bonchev–Trinajstić information content (AvgIpc) is 1.89. The fourth-order valence-electron chi connectivity index (χ4n) is 0. The summed E-state index contributed by atoms with van der Waals surface area (Å²) in [5, 5.41) is 2.89. The summed E-state index contributed by atoms with van der Waals surface area (Å²) in [7, 11) is 0. The van der Waals surface area contributed by atoms with E-state index in [9.17, 15) is 0 Å². The zero-order chi connectivity index (χ0) is 8.57. The van der Waals surface area contributed by atoms with Crippen molar-refractivity contribution in [3.8, 4) is 0 Å². The fourth-order valence-corrected chi connectivity index (χ4v) is 0. The second-order valence-corrected chi connectivity index (χ2v) is 5.24. The Morgan fingerprint density at radius 2 is 0.769 bits per heavy atom. The van der Waals surface area contributed by atoms with Gasteiger partial charge >= 0.3 is 0 Å². The van der Waals surface area contributed by atoms with E-state index in [0.717, 1.165) is 11.8 Å². The van der Waals surface area contributed by atoms with E-state index in [2.05, 4.69) is 27.7 Å². The van der Waals surface area contributed by atoms with E-state index in [4.69, 9.17) is 0 Å². The summed E-state index contributed by atoms with van der Waals surface area (Å²) in [6, 6.07) is 0. The Labute approximate surface area is 119 Å². The first kappa shape index (κ1) is 29.4. The first-order chi connectivity index (χ1) is 4.54. The van der Waals surface area contributed by atoms with Crippen LogP contribution in [0, 0.1) is 11.8 Å². The molecular weight excluding hydrogens is 256 g/mol. The highest BCUT2D eigenvalue weighted by atomic mass is 35.5. The molecule has 0 aliphatic heterocycles. The highest BCUT2D eigenvalue weighted by Crippen LogP contribution is 1.92. The first-order valence-corrected chi connectivity index (χ1v) is 7.37. The molecule has 0 heterocycles. The second kappa shape index (κ2) is 23.6. The lowest BCUT2D eigenvalue weighted by Crippen LogP contribution is -1.80. The zero-order valence-electron chi connectivity index (χ0n) is 9.79. The van der Waals surface area contributed by atoms with Gasteiger partial charge in [0.2, 0.25) is 32.6 Å². The molecular formula is C8H25Al2Cl3. The van der Waals surface area contributed by atoms with Gasteiger partial charge in [-0.05, 0) is 0 Å². The number of hydrogen-bond donors (Lipinski definition) is 0. The molecule has 0 aromatic heterocycles. The van der Waals surface area contributed by atoms with Crippen LogP contribution in [0.15, 0.2) is 0 Å². The Hall–Kier alpha value is 1.93. The lowest BCUT2D eigenvalue weighted by Gasteiger charge is -1.90. The highest BCUT2D eigenvalue weighted by molar-refractivity contribution is 6.08. The van der Waals surface area contributed by atoms with Gasteiger partial charge in [0.15, 0.2) is 0 Å². The van der Waals surface area contributed by atoms with Crippen molar-refractivity contribution in [1.29, 1.82) is 0 Å². The lowest BCUT2D eigenvalue weighted by molar-refractivity contribution is 0.735. The van der Waals surface area contributed by atoms with Crippen LogP contribution in [0.2, 0.25) is 10.6 Å². The van der Waals surface area contributed by atoms with Crippen molar-refractivity contribution in [3.05, 3.63) is 0 Å². The molecule has 0 nitrogen and oxygen atoms in total. The van der Waals surface area contributed by atoms with Crippen molar-refractivity contribution in [2.24, 2.45) is 11.8 Å². The third kappa shape index (κ3) is 56.4. The summed E-state index contributed by atoms with van der Waals surface area (Å²) in [4.78, 5) is 0. The van der Waals surface area contributed by atoms with Crippen LogP contribution in [0.25, 0.3) is 0 Å². The summed E-state index contributed by atoms with van der Waals surface area (Å²) >= 11 is 2.75. The Kier molecular flexibility index (Phi) is 53.4. The summed E-state index contributed by atoms with van der Waals surface area (Å²) < 4.78 is 0. The topological polar surface area (TPSA) is 0 Å². The Morgan fingerprint density at radius 1 is 0.692 bits per heavy atom. The second-order valence-electron chi connectivity index (χ2n) is 3.60. The van der Waals surface area contributed by atoms with Gasteiger partial charge < -0.3 is 0 Å². The average molecular weight is 282 g/mol. The van der Waals surface area contributed by atoms with E-state index in [0.29, 0.717) is 0 Å². The van der Waals surface area contributed by atoms with Crippen molar-refractivity contribution in [3.63, 3.8) is 0 Å². The molecule has 0 N–H and O–H groups in total. The van der Waals surface area contributed by atoms with Crippen molar-refractivity contribution in [1.82, 2.24) is 0 Å². The van der Waals surface area contributed by atoms with Crippen LogP contribution in [-0.2, 0) is 0 Å². The molecule has 0 bridgehead atoms. The van der Waals surface area contributed by atoms with Crippen molar-refractivity contribution in [2.75, 3.05) is 0 Å². The number of rotatable bonds is 2. The third-order valence-electron chi connectivity index (χ3n) is 1.63. The van der Waals surface area contributed by atoms with Gasteiger partial charge in [-0.1, -0.05) is 50.1 Å². The first-order valence-electron chi connectivity index (χ1n) is 4.54. The van der Waals surface area contributed by atoms with Gasteiger partial charge in [-0.3, -0.25) is 0 Å². The Bertz CT molecular complexity index is 53.4. The molecule has 0 rings (SSSR count). The molecule has 0 aromatic rings. The Balaban J connectivity index is -0.0000000267. The summed E-state index contributed by atoms with van der Waals surface area (Å²) in [6.45, 7) is 9.03. The Morgan fingerprint density at radius 3 is 0.769 bits per heavy atom. The molecule has 0 aliphatic carbocycles.